The molecular formula is C44H56F3NOS2. The van der Waals surface area contributed by atoms with Gasteiger partial charge in [0.15, 0.2) is 10.8 Å². The van der Waals surface area contributed by atoms with E-state index in [1.54, 1.807) is 17.4 Å². The molecule has 0 aliphatic carbocycles. The molecule has 1 heterocycles. The number of nitrogens with zero attached hydrogens (tertiary/aromatic N) is 1. The molecule has 0 N–H and O–H groups in total. The van der Waals surface area contributed by atoms with Gasteiger partial charge >= 0.3 is 5.51 Å². The first-order valence-corrected chi connectivity index (χ1v) is 18.8. The minimum Gasteiger partial charge on any atom is -0.246 e. The average molecular weight is 736 g/mol. The lowest BCUT2D eigenvalue weighted by atomic mass is 9.86. The Bertz CT molecular complexity index is 1870. The summed E-state index contributed by atoms with van der Waals surface area (Å²) in [5.74, 6) is 0. The van der Waals surface area contributed by atoms with E-state index in [0.29, 0.717) is 0 Å². The highest BCUT2D eigenvalue weighted by molar-refractivity contribution is 7.86. The molecule has 0 saturated heterocycles. The molecule has 0 amide bonds. The molecule has 51 heavy (non-hydrogen) atoms. The molecule has 0 aliphatic rings. The quantitative estimate of drug-likeness (QED) is 0.185. The maximum Gasteiger partial charge on any atom is 0.475 e. The van der Waals surface area contributed by atoms with E-state index >= 15 is 0 Å². The number of benzene rings is 4. The first-order chi connectivity index (χ1) is 23.0. The molecule has 0 saturated carbocycles. The molecule has 5 rings (SSSR count). The second-order valence-corrected chi connectivity index (χ2v) is 18.3. The summed E-state index contributed by atoms with van der Waals surface area (Å²) >= 11 is 1.77. The Morgan fingerprint density at radius 2 is 1.06 bits per heavy atom. The minimum atomic E-state index is -4.70. The molecule has 5 aromatic rings. The van der Waals surface area contributed by atoms with E-state index in [1.807, 2.05) is 20.8 Å². The highest BCUT2D eigenvalue weighted by atomic mass is 32.2. The van der Waals surface area contributed by atoms with Crippen molar-refractivity contribution in [1.29, 1.82) is 0 Å². The van der Waals surface area contributed by atoms with Gasteiger partial charge in [-0.2, -0.15) is 13.2 Å². The Morgan fingerprint density at radius 3 is 1.47 bits per heavy atom. The maximum absolute atomic E-state index is 12.3. The Hall–Kier alpha value is -3.55. The third-order valence-corrected chi connectivity index (χ3v) is 10.5. The van der Waals surface area contributed by atoms with Gasteiger partial charge < -0.3 is 0 Å². The van der Waals surface area contributed by atoms with Gasteiger partial charge in [0.05, 0.1) is 15.6 Å². The van der Waals surface area contributed by atoms with Crippen LogP contribution in [0, 0.1) is 20.8 Å². The fourth-order valence-corrected chi connectivity index (χ4v) is 6.81. The number of aromatic nitrogens is 1. The highest BCUT2D eigenvalue weighted by Crippen LogP contribution is 2.33. The van der Waals surface area contributed by atoms with Crippen LogP contribution in [0.1, 0.15) is 103 Å². The highest BCUT2D eigenvalue weighted by Gasteiger charge is 2.38. The van der Waals surface area contributed by atoms with E-state index in [1.165, 1.54) is 56.5 Å². The molecule has 0 spiro atoms. The van der Waals surface area contributed by atoms with E-state index < -0.39 is 16.3 Å². The third-order valence-electron chi connectivity index (χ3n) is 8.25. The molecule has 276 valence electrons. The first kappa shape index (κ1) is 43.6. The fraction of sp³-hybridized carbons (Fsp3) is 0.386. The van der Waals surface area contributed by atoms with Crippen molar-refractivity contribution in [3.63, 3.8) is 0 Å². The lowest BCUT2D eigenvalue weighted by Crippen LogP contribution is -2.17. The SMILES string of the molecule is C.CC(C)(C)c1cccc(S(=O)C(F)(F)F)c1.Cc1ccccc1-c1ccc(C(C)(C)C)cc1.Cc1nc(C)c(-c2ccc(C(C)(C)C)cc2)s1. The van der Waals surface area contributed by atoms with E-state index in [-0.39, 0.29) is 28.6 Å². The van der Waals surface area contributed by atoms with Crippen LogP contribution in [0.3, 0.4) is 0 Å². The van der Waals surface area contributed by atoms with Crippen LogP contribution in [0.15, 0.2) is 102 Å². The molecule has 1 atom stereocenters. The van der Waals surface area contributed by atoms with E-state index in [0.717, 1.165) is 16.3 Å². The predicted molar refractivity (Wildman–Crippen MR) is 215 cm³/mol. The molecular weight excluding hydrogens is 680 g/mol. The van der Waals surface area contributed by atoms with Crippen molar-refractivity contribution in [1.82, 2.24) is 4.98 Å². The molecule has 0 aliphatic heterocycles. The van der Waals surface area contributed by atoms with Crippen molar-refractivity contribution in [2.24, 2.45) is 0 Å². The van der Waals surface area contributed by atoms with Crippen LogP contribution in [-0.2, 0) is 27.0 Å². The summed E-state index contributed by atoms with van der Waals surface area (Å²) in [5, 5.41) is 1.14. The molecule has 0 bridgehead atoms. The molecule has 2 nitrogen and oxygen atoms in total. The zero-order valence-electron chi connectivity index (χ0n) is 31.5. The lowest BCUT2D eigenvalue weighted by Gasteiger charge is -2.19. The van der Waals surface area contributed by atoms with Crippen LogP contribution >= 0.6 is 11.3 Å². The number of hydrogen-bond donors (Lipinski definition) is 0. The summed E-state index contributed by atoms with van der Waals surface area (Å²) in [7, 11) is -2.95. The Labute approximate surface area is 312 Å². The number of thiazole rings is 1. The van der Waals surface area contributed by atoms with Crippen LogP contribution < -0.4 is 0 Å². The number of alkyl halides is 3. The zero-order chi connectivity index (χ0) is 37.7. The molecule has 7 heteroatoms. The lowest BCUT2D eigenvalue weighted by molar-refractivity contribution is -0.0384. The van der Waals surface area contributed by atoms with Gasteiger partial charge in [0.25, 0.3) is 0 Å². The van der Waals surface area contributed by atoms with Crippen molar-refractivity contribution in [3.05, 3.63) is 130 Å². The standard InChI is InChI=1S/C17H20.C15H19NS.C11H13F3OS.CH4/c1-13-7-5-6-8-16(13)14-9-11-15(12-10-14)17(2,3)4;1-10-14(17-11(2)16-10)12-6-8-13(9-7-12)15(3,4)5;1-10(2,3)8-5-4-6-9(7-8)16(15)11(12,13)14;/h5-12H,1-4H3;6-9H,1-5H3;4-7H,1-3H3;1H4. The number of hydrogen-bond acceptors (Lipinski definition) is 3. The van der Waals surface area contributed by atoms with Gasteiger partial charge in [0.2, 0.25) is 0 Å². The topological polar surface area (TPSA) is 30.0 Å². The molecule has 0 fully saturated rings. The predicted octanol–water partition coefficient (Wildman–Crippen LogP) is 13.9. The van der Waals surface area contributed by atoms with Crippen LogP contribution in [0.2, 0.25) is 0 Å². The van der Waals surface area contributed by atoms with Crippen molar-refractivity contribution in [3.8, 4) is 21.6 Å². The summed E-state index contributed by atoms with van der Waals surface area (Å²) in [6.45, 7) is 25.4. The molecule has 4 aromatic carbocycles. The zero-order valence-corrected chi connectivity index (χ0v) is 33.2. The summed E-state index contributed by atoms with van der Waals surface area (Å²) < 4.78 is 47.9. The van der Waals surface area contributed by atoms with Crippen LogP contribution in [-0.4, -0.2) is 14.7 Å². The second-order valence-electron chi connectivity index (χ2n) is 15.6. The fourth-order valence-electron chi connectivity index (χ4n) is 5.18. The van der Waals surface area contributed by atoms with Gasteiger partial charge in [-0.25, -0.2) is 9.19 Å². The summed E-state index contributed by atoms with van der Waals surface area (Å²) in [6.07, 6.45) is 0. The Balaban J connectivity index is 0.000000263. The molecule has 0 radical (unpaired) electrons. The van der Waals surface area contributed by atoms with Crippen LogP contribution in [0.25, 0.3) is 21.6 Å². The largest absolute Gasteiger partial charge is 0.475 e. The smallest absolute Gasteiger partial charge is 0.246 e. The van der Waals surface area contributed by atoms with Crippen LogP contribution in [0.4, 0.5) is 13.2 Å². The minimum absolute atomic E-state index is 0. The van der Waals surface area contributed by atoms with Gasteiger partial charge in [0, 0.05) is 4.90 Å². The van der Waals surface area contributed by atoms with Crippen molar-refractivity contribution in [2.75, 3.05) is 0 Å². The second kappa shape index (κ2) is 17.3. The van der Waals surface area contributed by atoms with Gasteiger partial charge in [-0.1, -0.05) is 155 Å². The summed E-state index contributed by atoms with van der Waals surface area (Å²) in [6, 6.07) is 32.1. The molecule has 1 aromatic heterocycles. The Kier molecular flexibility index (Phi) is 14.8. The normalized spacial score (nSPS) is 12.5. The number of halogens is 3. The third kappa shape index (κ3) is 12.6. The first-order valence-electron chi connectivity index (χ1n) is 16.8. The van der Waals surface area contributed by atoms with Gasteiger partial charge in [-0.05, 0) is 88.1 Å². The average Bonchev–Trinajstić information content (AvgIpc) is 3.37. The van der Waals surface area contributed by atoms with Crippen molar-refractivity contribution < 1.29 is 17.4 Å². The number of rotatable bonds is 3. The van der Waals surface area contributed by atoms with E-state index in [4.69, 9.17) is 0 Å². The van der Waals surface area contributed by atoms with Crippen molar-refractivity contribution >= 4 is 22.1 Å². The van der Waals surface area contributed by atoms with Gasteiger partial charge in [-0.15, -0.1) is 11.3 Å². The Morgan fingerprint density at radius 1 is 0.588 bits per heavy atom. The maximum atomic E-state index is 12.3. The van der Waals surface area contributed by atoms with Gasteiger partial charge in [0.1, 0.15) is 0 Å². The summed E-state index contributed by atoms with van der Waals surface area (Å²) in [4.78, 5) is 5.58. The van der Waals surface area contributed by atoms with Crippen LogP contribution in [0.5, 0.6) is 0 Å². The summed E-state index contributed by atoms with van der Waals surface area (Å²) in [5.41, 5.74) is 5.36. The van der Waals surface area contributed by atoms with E-state index in [2.05, 4.69) is 140 Å². The van der Waals surface area contributed by atoms with Gasteiger partial charge in [-0.3, -0.25) is 0 Å². The van der Waals surface area contributed by atoms with Crippen molar-refractivity contribution in [2.45, 2.75) is 117 Å². The monoisotopic (exact) mass is 735 g/mol. The number of aryl methyl sites for hydroxylation is 3. The van der Waals surface area contributed by atoms with E-state index in [9.17, 15) is 17.4 Å². The molecule has 1 unspecified atom stereocenters.